The molecule has 2 saturated heterocycles. The summed E-state index contributed by atoms with van der Waals surface area (Å²) < 4.78 is 47.5. The molecule has 2 fully saturated rings. The Labute approximate surface area is 215 Å². The number of carbonyl (C=O) groups is 1. The van der Waals surface area contributed by atoms with Crippen LogP contribution in [0.25, 0.3) is 0 Å². The molecule has 12 nitrogen and oxygen atoms in total. The van der Waals surface area contributed by atoms with Gasteiger partial charge in [-0.15, -0.1) is 0 Å². The van der Waals surface area contributed by atoms with Crippen LogP contribution in [-0.4, -0.2) is 74.2 Å². The molecule has 4 aliphatic rings. The lowest BCUT2D eigenvalue weighted by atomic mass is 10.2. The molecule has 1 unspecified atom stereocenters. The van der Waals surface area contributed by atoms with E-state index in [0.717, 1.165) is 11.4 Å². The molecular formula is C22H32ClN4O8P. The molecule has 4 rings (SSSR count). The normalized spacial score (nSPS) is 25.2. The Kier molecular flexibility index (Phi) is 8.04. The molecule has 0 amide bonds. The van der Waals surface area contributed by atoms with E-state index in [4.69, 9.17) is 39.6 Å². The second kappa shape index (κ2) is 10.7. The average Bonchev–Trinajstić information content (AvgIpc) is 3.46. The predicted molar refractivity (Wildman–Crippen MR) is 131 cm³/mol. The van der Waals surface area contributed by atoms with Crippen LogP contribution in [0, 0.1) is 0 Å². The Hall–Kier alpha value is -2.08. The average molecular weight is 547 g/mol. The van der Waals surface area contributed by atoms with Gasteiger partial charge in [0.2, 0.25) is 5.79 Å². The monoisotopic (exact) mass is 546 g/mol. The van der Waals surface area contributed by atoms with E-state index in [1.54, 1.807) is 27.1 Å². The molecule has 1 aliphatic carbocycles. The number of esters is 1. The number of fused-ring (bicyclic) bond motifs is 2. The molecule has 2 N–H and O–H groups in total. The maximum Gasteiger partial charge on any atom is 0.370 e. The van der Waals surface area contributed by atoms with E-state index >= 15 is 0 Å². The van der Waals surface area contributed by atoms with Crippen molar-refractivity contribution in [2.75, 3.05) is 33.1 Å². The Morgan fingerprint density at radius 1 is 1.31 bits per heavy atom. The molecule has 0 radical (unpaired) electrons. The smallest absolute Gasteiger partial charge is 0.370 e. The lowest BCUT2D eigenvalue weighted by molar-refractivity contribution is -0.152. The van der Waals surface area contributed by atoms with Crippen LogP contribution < -0.4 is 10.6 Å². The Balaban J connectivity index is 1.60. The van der Waals surface area contributed by atoms with Crippen molar-refractivity contribution in [2.45, 2.75) is 58.5 Å². The number of hydrogen-bond donors (Lipinski definition) is 2. The van der Waals surface area contributed by atoms with Gasteiger partial charge in [-0.1, -0.05) is 11.6 Å². The fraction of sp³-hybridized carbons (Fsp3) is 0.636. The molecule has 36 heavy (non-hydrogen) atoms. The molecule has 0 aromatic rings. The topological polar surface area (TPSA) is 129 Å². The zero-order chi connectivity index (χ0) is 26.1. The van der Waals surface area contributed by atoms with Gasteiger partial charge in [0, 0.05) is 13.8 Å². The minimum absolute atomic E-state index is 0.0704. The number of aliphatic imine (C=N–C) groups is 1. The summed E-state index contributed by atoms with van der Waals surface area (Å²) in [7, 11) is -3.96. The first kappa shape index (κ1) is 27.0. The van der Waals surface area contributed by atoms with Gasteiger partial charge < -0.3 is 43.5 Å². The van der Waals surface area contributed by atoms with Crippen LogP contribution in [0.4, 0.5) is 0 Å². The van der Waals surface area contributed by atoms with Gasteiger partial charge in [-0.2, -0.15) is 0 Å². The highest BCUT2D eigenvalue weighted by Crippen LogP contribution is 2.54. The number of halogens is 1. The van der Waals surface area contributed by atoms with Crippen molar-refractivity contribution >= 4 is 31.5 Å². The molecule has 3 atom stereocenters. The molecule has 0 saturated carbocycles. The molecule has 3 heterocycles. The van der Waals surface area contributed by atoms with Crippen molar-refractivity contribution in [1.82, 2.24) is 15.5 Å². The van der Waals surface area contributed by atoms with E-state index in [9.17, 15) is 9.36 Å². The highest BCUT2D eigenvalue weighted by Gasteiger charge is 2.49. The minimum atomic E-state index is -3.96. The van der Waals surface area contributed by atoms with Gasteiger partial charge in [-0.3, -0.25) is 4.57 Å². The molecule has 0 spiro atoms. The van der Waals surface area contributed by atoms with Crippen molar-refractivity contribution in [2.24, 2.45) is 4.99 Å². The van der Waals surface area contributed by atoms with Crippen LogP contribution in [0.15, 0.2) is 39.0 Å². The quantitative estimate of drug-likeness (QED) is 0.225. The molecule has 200 valence electrons. The predicted octanol–water partition coefficient (Wildman–Crippen LogP) is 2.69. The summed E-state index contributed by atoms with van der Waals surface area (Å²) in [6, 6.07) is 0. The maximum atomic E-state index is 13.4. The number of carbonyl (C=O) groups excluding carboxylic acids is 1. The van der Waals surface area contributed by atoms with E-state index < -0.39 is 31.3 Å². The van der Waals surface area contributed by atoms with Crippen molar-refractivity contribution in [3.05, 3.63) is 34.0 Å². The third-order valence-corrected chi connectivity index (χ3v) is 8.15. The van der Waals surface area contributed by atoms with Gasteiger partial charge >= 0.3 is 13.6 Å². The van der Waals surface area contributed by atoms with E-state index in [-0.39, 0.29) is 32.6 Å². The second-order valence-corrected chi connectivity index (χ2v) is 11.0. The van der Waals surface area contributed by atoms with Crippen LogP contribution in [0.1, 0.15) is 34.6 Å². The Bertz CT molecular complexity index is 1050. The van der Waals surface area contributed by atoms with Gasteiger partial charge in [-0.05, 0) is 32.4 Å². The zero-order valence-corrected chi connectivity index (χ0v) is 22.6. The molecule has 14 heteroatoms. The first-order valence-corrected chi connectivity index (χ1v) is 13.8. The van der Waals surface area contributed by atoms with Gasteiger partial charge in [0.25, 0.3) is 5.85 Å². The fourth-order valence-corrected chi connectivity index (χ4v) is 6.19. The molecular weight excluding hydrogens is 515 g/mol. The summed E-state index contributed by atoms with van der Waals surface area (Å²) in [6.45, 7) is 9.15. The highest BCUT2D eigenvalue weighted by atomic mass is 35.5. The van der Waals surface area contributed by atoms with Crippen LogP contribution >= 0.6 is 19.2 Å². The van der Waals surface area contributed by atoms with Crippen molar-refractivity contribution in [3.63, 3.8) is 0 Å². The molecule has 0 aromatic heterocycles. The summed E-state index contributed by atoms with van der Waals surface area (Å²) >= 11 is 6.26. The molecule has 0 bridgehead atoms. The SMILES string of the molecule is CCOC(=O)C(OCC1=CC(N2CNC3=C(Cl)N=CN[C@@H]32)=C2OC(C)(C)O[C@H]12)P(=O)(OCC)OCC. The number of rotatable bonds is 11. The highest BCUT2D eigenvalue weighted by molar-refractivity contribution is 7.55. The zero-order valence-electron chi connectivity index (χ0n) is 20.9. The first-order valence-electron chi connectivity index (χ1n) is 11.8. The summed E-state index contributed by atoms with van der Waals surface area (Å²) in [5.41, 5.74) is 2.18. The molecule has 3 aliphatic heterocycles. The summed E-state index contributed by atoms with van der Waals surface area (Å²) in [5, 5.41) is 6.81. The summed E-state index contributed by atoms with van der Waals surface area (Å²) in [4.78, 5) is 18.8. The first-order chi connectivity index (χ1) is 17.1. The Morgan fingerprint density at radius 3 is 2.69 bits per heavy atom. The molecule has 0 aromatic carbocycles. The van der Waals surface area contributed by atoms with Gasteiger partial charge in [-0.25, -0.2) is 9.79 Å². The Morgan fingerprint density at radius 2 is 2.03 bits per heavy atom. The lowest BCUT2D eigenvalue weighted by Gasteiger charge is -2.28. The standard InChI is InChI=1S/C22H32ClN4O8P/c1-6-30-20(28)21(36(29,32-7-2)33-8-3)31-10-13-9-14(17-16(13)34-22(4,5)35-17)27-12-26-15-18(23)24-11-25-19(15)27/h9,11,16,19,21,26H,6-8,10,12H2,1-5H3,(H,24,25)/t16-,19-,21?/m1/s1. The van der Waals surface area contributed by atoms with E-state index in [1.807, 2.05) is 24.8 Å². The second-order valence-electron chi connectivity index (χ2n) is 8.60. The van der Waals surface area contributed by atoms with E-state index in [1.165, 1.54) is 0 Å². The van der Waals surface area contributed by atoms with E-state index in [2.05, 4.69) is 15.6 Å². The van der Waals surface area contributed by atoms with E-state index in [0.29, 0.717) is 23.2 Å². The van der Waals surface area contributed by atoms with Gasteiger partial charge in [0.1, 0.15) is 12.3 Å². The number of nitrogens with zero attached hydrogens (tertiary/aromatic N) is 2. The maximum absolute atomic E-state index is 13.4. The van der Waals surface area contributed by atoms with Crippen LogP contribution in [-0.2, 0) is 37.4 Å². The number of nitrogens with one attached hydrogen (secondary N) is 2. The van der Waals surface area contributed by atoms with Crippen molar-refractivity contribution < 1.29 is 37.4 Å². The summed E-state index contributed by atoms with van der Waals surface area (Å²) in [5.74, 6) is -2.66. The number of hydrogen-bond acceptors (Lipinski definition) is 12. The minimum Gasteiger partial charge on any atom is -0.464 e. The van der Waals surface area contributed by atoms with Crippen LogP contribution in [0.2, 0.25) is 0 Å². The van der Waals surface area contributed by atoms with Crippen LogP contribution in [0.3, 0.4) is 0 Å². The van der Waals surface area contributed by atoms with Crippen molar-refractivity contribution in [1.29, 1.82) is 0 Å². The lowest BCUT2D eigenvalue weighted by Crippen LogP contribution is -2.42. The largest absolute Gasteiger partial charge is 0.464 e. The number of allylic oxidation sites excluding steroid dienone is 1. The summed E-state index contributed by atoms with van der Waals surface area (Å²) in [6.07, 6.45) is 2.58. The number of ether oxygens (including phenoxy) is 4. The third kappa shape index (κ3) is 5.16. The third-order valence-electron chi connectivity index (χ3n) is 5.68. The van der Waals surface area contributed by atoms with Crippen LogP contribution in [0.5, 0.6) is 0 Å². The van der Waals surface area contributed by atoms with Crippen molar-refractivity contribution in [3.8, 4) is 0 Å². The fourth-order valence-electron chi connectivity index (χ4n) is 4.32. The van der Waals surface area contributed by atoms with Gasteiger partial charge in [0.15, 0.2) is 10.9 Å². The van der Waals surface area contributed by atoms with Gasteiger partial charge in [0.05, 0.1) is 50.8 Å².